The lowest BCUT2D eigenvalue weighted by Crippen LogP contribution is -2.23. The minimum Gasteiger partial charge on any atom is -0.426 e. The average Bonchev–Trinajstić information content (AvgIpc) is 3.12. The number of hydrogen-bond acceptors (Lipinski definition) is 8. The first-order chi connectivity index (χ1) is 27.5. The smallest absolute Gasteiger partial charge is 0.311 e. The van der Waals surface area contributed by atoms with Crippen LogP contribution in [-0.2, 0) is 30.0 Å². The lowest BCUT2D eigenvalue weighted by Gasteiger charge is -2.30. The van der Waals surface area contributed by atoms with E-state index in [2.05, 4.69) is 81.4 Å². The molecule has 8 heteroatoms. The van der Waals surface area contributed by atoms with E-state index < -0.39 is 34.7 Å². The van der Waals surface area contributed by atoms with Crippen LogP contribution in [0.25, 0.3) is 21.5 Å². The molecule has 0 unspecified atom stereocenters. The summed E-state index contributed by atoms with van der Waals surface area (Å²) in [6, 6.07) is 14.8. The van der Waals surface area contributed by atoms with Gasteiger partial charge in [-0.2, -0.15) is 0 Å². The van der Waals surface area contributed by atoms with Crippen LogP contribution in [0.1, 0.15) is 137 Å². The molecule has 316 valence electrons. The number of ether oxygens (including phenoxy) is 4. The number of hydrogen-bond donors (Lipinski definition) is 0. The molecule has 0 aromatic heterocycles. The molecule has 0 spiro atoms. The number of allylic oxidation sites excluding steroid dienone is 4. The highest BCUT2D eigenvalue weighted by Gasteiger charge is 2.34. The van der Waals surface area contributed by atoms with Gasteiger partial charge in [-0.25, -0.2) is 0 Å². The van der Waals surface area contributed by atoms with Gasteiger partial charge in [0.05, 0.1) is 12.8 Å². The molecule has 8 nitrogen and oxygen atoms in total. The van der Waals surface area contributed by atoms with Crippen LogP contribution >= 0.6 is 0 Å². The Morgan fingerprint density at radius 1 is 0.559 bits per heavy atom. The zero-order chi connectivity index (χ0) is 44.0. The molecule has 4 aromatic rings. The van der Waals surface area contributed by atoms with Crippen molar-refractivity contribution in [1.29, 1.82) is 0 Å². The molecule has 0 saturated carbocycles. The Morgan fingerprint density at radius 2 is 0.932 bits per heavy atom. The van der Waals surface area contributed by atoms with Crippen molar-refractivity contribution in [3.05, 3.63) is 94.1 Å². The molecule has 0 saturated heterocycles. The van der Waals surface area contributed by atoms with Crippen LogP contribution in [-0.4, -0.2) is 23.9 Å². The van der Waals surface area contributed by atoms with E-state index in [9.17, 15) is 19.2 Å². The zero-order valence-electron chi connectivity index (χ0n) is 37.7. The third-order valence-electron chi connectivity index (χ3n) is 10.5. The minimum absolute atomic E-state index is 0.250. The van der Waals surface area contributed by atoms with Crippen LogP contribution in [0.15, 0.2) is 71.8 Å². The summed E-state index contributed by atoms with van der Waals surface area (Å²) in [7, 11) is 0. The number of benzene rings is 4. The van der Waals surface area contributed by atoms with Gasteiger partial charge in [-0.15, -0.1) is 0 Å². The van der Waals surface area contributed by atoms with E-state index in [-0.39, 0.29) is 12.8 Å². The fourth-order valence-corrected chi connectivity index (χ4v) is 8.54. The SMILES string of the molecule is CC(=O)Oc1c(C)c(C(C)(C)/C=C(\C)CC(C)C)c(OC(=O)CCC(=O)Oc2c(C(C)(C)C/C=C(\C)CC(C)C)c(C)c(OC(C)=O)c3ccccc23)c2ccccc12. The van der Waals surface area contributed by atoms with Crippen LogP contribution in [0.2, 0.25) is 0 Å². The van der Waals surface area contributed by atoms with Crippen LogP contribution < -0.4 is 18.9 Å². The molecule has 0 bridgehead atoms. The van der Waals surface area contributed by atoms with E-state index in [0.29, 0.717) is 79.5 Å². The summed E-state index contributed by atoms with van der Waals surface area (Å²) in [6.45, 7) is 27.7. The maximum Gasteiger partial charge on any atom is 0.311 e. The topological polar surface area (TPSA) is 105 Å². The molecule has 0 atom stereocenters. The molecule has 0 amide bonds. The normalized spacial score (nSPS) is 12.7. The first-order valence-electron chi connectivity index (χ1n) is 20.8. The highest BCUT2D eigenvalue weighted by Crippen LogP contribution is 2.49. The van der Waals surface area contributed by atoms with E-state index in [1.54, 1.807) is 0 Å². The van der Waals surface area contributed by atoms with Gasteiger partial charge in [-0.3, -0.25) is 19.2 Å². The second-order valence-corrected chi connectivity index (χ2v) is 18.1. The molecule has 0 heterocycles. The third-order valence-corrected chi connectivity index (χ3v) is 10.5. The Balaban J connectivity index is 1.76. The van der Waals surface area contributed by atoms with Gasteiger partial charge in [0, 0.05) is 57.5 Å². The molecule has 0 fully saturated rings. The summed E-state index contributed by atoms with van der Waals surface area (Å²) in [4.78, 5) is 52.5. The van der Waals surface area contributed by atoms with Crippen LogP contribution in [0.5, 0.6) is 23.0 Å². The van der Waals surface area contributed by atoms with E-state index in [1.807, 2.05) is 62.4 Å². The maximum atomic E-state index is 13.9. The van der Waals surface area contributed by atoms with Crippen molar-refractivity contribution >= 4 is 45.4 Å². The predicted octanol–water partition coefficient (Wildman–Crippen LogP) is 12.7. The van der Waals surface area contributed by atoms with Crippen molar-refractivity contribution in [2.75, 3.05) is 0 Å². The second kappa shape index (κ2) is 19.2. The van der Waals surface area contributed by atoms with Crippen molar-refractivity contribution in [3.63, 3.8) is 0 Å². The molecule has 4 rings (SSSR count). The lowest BCUT2D eigenvalue weighted by atomic mass is 9.76. The first-order valence-corrected chi connectivity index (χ1v) is 20.8. The van der Waals surface area contributed by atoms with Gasteiger partial charge in [0.15, 0.2) is 0 Å². The van der Waals surface area contributed by atoms with Crippen molar-refractivity contribution in [2.45, 2.75) is 140 Å². The highest BCUT2D eigenvalue weighted by atomic mass is 16.6. The Hall–Kier alpha value is -5.24. The Morgan fingerprint density at radius 3 is 1.34 bits per heavy atom. The van der Waals surface area contributed by atoms with Crippen molar-refractivity contribution < 1.29 is 38.1 Å². The van der Waals surface area contributed by atoms with Gasteiger partial charge in [-0.1, -0.05) is 127 Å². The molecular weight excluding hydrogens is 741 g/mol. The molecule has 59 heavy (non-hydrogen) atoms. The molecule has 0 aliphatic carbocycles. The van der Waals surface area contributed by atoms with Gasteiger partial charge in [0.1, 0.15) is 23.0 Å². The first kappa shape index (κ1) is 46.4. The van der Waals surface area contributed by atoms with Gasteiger partial charge >= 0.3 is 23.9 Å². The number of fused-ring (bicyclic) bond motifs is 2. The number of carbonyl (C=O) groups is 4. The van der Waals surface area contributed by atoms with Crippen molar-refractivity contribution in [2.24, 2.45) is 11.8 Å². The van der Waals surface area contributed by atoms with Gasteiger partial charge < -0.3 is 18.9 Å². The fraction of sp³-hybridized carbons (Fsp3) is 0.451. The summed E-state index contributed by atoms with van der Waals surface area (Å²) in [5.74, 6) is 0.422. The monoisotopic (exact) mass is 804 g/mol. The standard InChI is InChI=1S/C51H64O8/c1-30(2)27-32(5)25-26-50(11,12)44-34(7)46(56-36(9)52)38-19-15-17-21-40(38)48(44)58-42(54)23-24-43(55)59-49-41-22-18-16-20-39(41)47(57-37(10)53)35(8)45(49)51(13,14)29-33(6)28-31(3)4/h15-22,25,29-31H,23-24,26-28H2,1-14H3/b32-25+,33-29+. The maximum absolute atomic E-state index is 13.9. The summed E-state index contributed by atoms with van der Waals surface area (Å²) in [5, 5.41) is 2.51. The van der Waals surface area contributed by atoms with Crippen molar-refractivity contribution in [3.8, 4) is 23.0 Å². The van der Waals surface area contributed by atoms with Crippen LogP contribution in [0.3, 0.4) is 0 Å². The van der Waals surface area contributed by atoms with Gasteiger partial charge in [-0.05, 0) is 69.8 Å². The summed E-state index contributed by atoms with van der Waals surface area (Å²) in [5.41, 5.74) is 4.11. The molecule has 0 radical (unpaired) electrons. The third kappa shape index (κ3) is 11.5. The van der Waals surface area contributed by atoms with E-state index in [1.165, 1.54) is 25.0 Å². The van der Waals surface area contributed by atoms with Gasteiger partial charge in [0.2, 0.25) is 0 Å². The Kier molecular flexibility index (Phi) is 15.1. The number of esters is 4. The Bertz CT molecular complexity index is 2300. The van der Waals surface area contributed by atoms with Gasteiger partial charge in [0.25, 0.3) is 0 Å². The summed E-state index contributed by atoms with van der Waals surface area (Å²) in [6.07, 6.45) is 6.40. The molecule has 0 aliphatic heterocycles. The van der Waals surface area contributed by atoms with Crippen LogP contribution in [0, 0.1) is 25.7 Å². The van der Waals surface area contributed by atoms with Crippen LogP contribution in [0.4, 0.5) is 0 Å². The molecule has 0 N–H and O–H groups in total. The fourth-order valence-electron chi connectivity index (χ4n) is 8.54. The van der Waals surface area contributed by atoms with Crippen molar-refractivity contribution in [1.82, 2.24) is 0 Å². The molecular formula is C51H64O8. The number of carbonyl (C=O) groups excluding carboxylic acids is 4. The molecule has 4 aromatic carbocycles. The highest BCUT2D eigenvalue weighted by molar-refractivity contribution is 6.00. The summed E-state index contributed by atoms with van der Waals surface area (Å²) >= 11 is 0. The predicted molar refractivity (Wildman–Crippen MR) is 238 cm³/mol. The molecule has 0 aliphatic rings. The van der Waals surface area contributed by atoms with E-state index >= 15 is 0 Å². The minimum atomic E-state index is -0.639. The average molecular weight is 805 g/mol. The quantitative estimate of drug-likeness (QED) is 0.0626. The largest absolute Gasteiger partial charge is 0.426 e. The second-order valence-electron chi connectivity index (χ2n) is 18.1. The zero-order valence-corrected chi connectivity index (χ0v) is 37.7. The summed E-state index contributed by atoms with van der Waals surface area (Å²) < 4.78 is 24.2. The van der Waals surface area contributed by atoms with E-state index in [4.69, 9.17) is 18.9 Å². The Labute approximate surface area is 351 Å². The van der Waals surface area contributed by atoms with E-state index in [0.717, 1.165) is 18.4 Å². The lowest BCUT2D eigenvalue weighted by molar-refractivity contribution is -0.140. The number of rotatable bonds is 16.